The number of carboxylic acid groups (broad SMARTS) is 1. The highest BCUT2D eigenvalue weighted by Gasteiger charge is 2.56. The maximum atomic E-state index is 13.4. The first kappa shape index (κ1) is 27.3. The first-order chi connectivity index (χ1) is 17.9. The molecule has 2 aliphatic heterocycles. The molecular formula is C29H39NO7. The summed E-state index contributed by atoms with van der Waals surface area (Å²) in [5.74, 6) is -0.384. The smallest absolute Gasteiger partial charge is 0.303 e. The lowest BCUT2D eigenvalue weighted by Crippen LogP contribution is -2.34. The quantitative estimate of drug-likeness (QED) is 0.223. The average molecular weight is 514 g/mol. The number of furan rings is 1. The van der Waals surface area contributed by atoms with E-state index in [1.165, 1.54) is 21.6 Å². The van der Waals surface area contributed by atoms with Crippen molar-refractivity contribution in [2.24, 2.45) is 17.8 Å². The van der Waals surface area contributed by atoms with Gasteiger partial charge < -0.3 is 19.4 Å². The molecule has 1 aromatic heterocycles. The first-order valence-electron chi connectivity index (χ1n) is 13.7. The molecule has 2 amide bonds. The Morgan fingerprint density at radius 3 is 2.59 bits per heavy atom. The average Bonchev–Trinajstić information content (AvgIpc) is 3.58. The van der Waals surface area contributed by atoms with E-state index >= 15 is 0 Å². The number of nitrogens with zero attached hydrogens (tertiary/aromatic N) is 1. The Hall–Kier alpha value is -2.71. The van der Waals surface area contributed by atoms with Gasteiger partial charge in [0, 0.05) is 18.9 Å². The molecule has 0 unspecified atom stereocenters. The van der Waals surface area contributed by atoms with Gasteiger partial charge in [0.2, 0.25) is 11.8 Å². The number of aliphatic hydroxyl groups is 1. The topological polar surface area (TPSA) is 117 Å². The van der Waals surface area contributed by atoms with Crippen molar-refractivity contribution in [3.05, 3.63) is 40.4 Å². The third-order valence-electron chi connectivity index (χ3n) is 8.16. The van der Waals surface area contributed by atoms with Crippen molar-refractivity contribution in [3.8, 4) is 0 Å². The Balaban J connectivity index is 1.42. The number of imide groups is 1. The number of unbranched alkanes of at least 4 members (excludes halogenated alkanes) is 2. The van der Waals surface area contributed by atoms with Crippen LogP contribution in [-0.2, 0) is 25.7 Å². The molecule has 1 aromatic rings. The van der Waals surface area contributed by atoms with E-state index in [9.17, 15) is 19.5 Å². The van der Waals surface area contributed by atoms with Crippen LogP contribution in [0.5, 0.6) is 0 Å². The first-order valence-corrected chi connectivity index (χ1v) is 13.7. The van der Waals surface area contributed by atoms with Crippen molar-refractivity contribution in [2.45, 2.75) is 84.3 Å². The highest BCUT2D eigenvalue weighted by atomic mass is 16.5. The number of aliphatic carboxylic acids is 1. The molecule has 8 heteroatoms. The molecule has 1 aliphatic carbocycles. The van der Waals surface area contributed by atoms with E-state index in [2.05, 4.69) is 13.8 Å². The number of amides is 2. The summed E-state index contributed by atoms with van der Waals surface area (Å²) in [6.07, 6.45) is 7.98. The Kier molecular flexibility index (Phi) is 9.03. The molecule has 3 heterocycles. The summed E-state index contributed by atoms with van der Waals surface area (Å²) >= 11 is 0. The minimum Gasteiger partial charge on any atom is -0.481 e. The van der Waals surface area contributed by atoms with Crippen LogP contribution in [0.4, 0.5) is 0 Å². The normalized spacial score (nSPS) is 25.7. The van der Waals surface area contributed by atoms with Crippen molar-refractivity contribution in [1.29, 1.82) is 0 Å². The summed E-state index contributed by atoms with van der Waals surface area (Å²) < 4.78 is 11.9. The SMILES string of the molecule is CCC1=C2[C@@H](CC/C(=C/c3ccc(CO)o3)CC)OC[C@@H]2[C@@H]2C(=O)N(CCCCCC(=O)O)C(=O)[C@@H]2C1. The zero-order valence-corrected chi connectivity index (χ0v) is 21.9. The van der Waals surface area contributed by atoms with Crippen molar-refractivity contribution in [3.63, 3.8) is 0 Å². The van der Waals surface area contributed by atoms with Gasteiger partial charge in [0.15, 0.2) is 0 Å². The van der Waals surface area contributed by atoms with Crippen molar-refractivity contribution >= 4 is 23.9 Å². The molecule has 3 aliphatic rings. The minimum atomic E-state index is -0.820. The second-order valence-corrected chi connectivity index (χ2v) is 10.4. The number of aliphatic hydroxyl groups excluding tert-OH is 1. The van der Waals surface area contributed by atoms with Gasteiger partial charge in [-0.25, -0.2) is 0 Å². The number of rotatable bonds is 13. The molecule has 8 nitrogen and oxygen atoms in total. The molecule has 37 heavy (non-hydrogen) atoms. The van der Waals surface area contributed by atoms with Crippen molar-refractivity contribution in [1.82, 2.24) is 4.90 Å². The molecule has 0 bridgehead atoms. The van der Waals surface area contributed by atoms with Crippen LogP contribution in [0.25, 0.3) is 6.08 Å². The summed E-state index contributed by atoms with van der Waals surface area (Å²) in [4.78, 5) is 38.8. The number of hydrogen-bond donors (Lipinski definition) is 2. The van der Waals surface area contributed by atoms with Crippen molar-refractivity contribution < 1.29 is 33.8 Å². The number of fused-ring (bicyclic) bond motifs is 3. The van der Waals surface area contributed by atoms with Crippen LogP contribution in [-0.4, -0.2) is 52.2 Å². The van der Waals surface area contributed by atoms with Crippen LogP contribution in [0.15, 0.2) is 33.3 Å². The number of ether oxygens (including phenoxy) is 1. The van der Waals surface area contributed by atoms with Gasteiger partial charge in [-0.15, -0.1) is 0 Å². The third kappa shape index (κ3) is 5.91. The van der Waals surface area contributed by atoms with Gasteiger partial charge >= 0.3 is 5.97 Å². The number of carbonyl (C=O) groups is 3. The molecule has 4 atom stereocenters. The molecule has 0 saturated carbocycles. The molecule has 0 aromatic carbocycles. The lowest BCUT2D eigenvalue weighted by molar-refractivity contribution is -0.141. The van der Waals surface area contributed by atoms with E-state index in [0.29, 0.717) is 44.6 Å². The van der Waals surface area contributed by atoms with Gasteiger partial charge in [-0.05, 0) is 68.7 Å². The van der Waals surface area contributed by atoms with Crippen LogP contribution in [0.3, 0.4) is 0 Å². The predicted octanol–water partition coefficient (Wildman–Crippen LogP) is 4.72. The Morgan fingerprint density at radius 1 is 1.11 bits per heavy atom. The fourth-order valence-corrected chi connectivity index (χ4v) is 6.25. The van der Waals surface area contributed by atoms with Gasteiger partial charge in [-0.1, -0.05) is 31.4 Å². The number of allylic oxidation sites excluding steroid dienone is 2. The fourth-order valence-electron chi connectivity index (χ4n) is 6.25. The zero-order chi connectivity index (χ0) is 26.5. The van der Waals surface area contributed by atoms with Crippen LogP contribution >= 0.6 is 0 Å². The Bertz CT molecular complexity index is 1070. The second-order valence-electron chi connectivity index (χ2n) is 10.4. The predicted molar refractivity (Wildman–Crippen MR) is 137 cm³/mol. The van der Waals surface area contributed by atoms with Crippen LogP contribution in [0, 0.1) is 17.8 Å². The van der Waals surface area contributed by atoms with E-state index in [1.54, 1.807) is 6.07 Å². The van der Waals surface area contributed by atoms with E-state index in [4.69, 9.17) is 14.3 Å². The largest absolute Gasteiger partial charge is 0.481 e. The van der Waals surface area contributed by atoms with E-state index < -0.39 is 5.97 Å². The Morgan fingerprint density at radius 2 is 1.92 bits per heavy atom. The standard InChI is InChI=1S/C29H39NO7/c1-3-18(14-20-10-11-21(16-31)37-20)9-12-24-26-19(4-2)15-22-27(23(26)17-36-24)29(35)30(28(22)34)13-7-5-6-8-25(32)33/h10-11,14,22-24,27,31H,3-9,12-13,15-17H2,1-2H3,(H,32,33)/b18-14+/t22-,23+,24-,27-/m1/s1. The maximum Gasteiger partial charge on any atom is 0.303 e. The van der Waals surface area contributed by atoms with E-state index in [-0.39, 0.29) is 48.7 Å². The maximum absolute atomic E-state index is 13.4. The third-order valence-corrected chi connectivity index (χ3v) is 8.16. The Labute approximate surface area is 218 Å². The van der Waals surface area contributed by atoms with Gasteiger partial charge in [-0.2, -0.15) is 0 Å². The molecule has 0 radical (unpaired) electrons. The van der Waals surface area contributed by atoms with Crippen LogP contribution in [0.1, 0.15) is 83.2 Å². The molecular weight excluding hydrogens is 474 g/mol. The molecule has 202 valence electrons. The highest BCUT2D eigenvalue weighted by molar-refractivity contribution is 6.05. The van der Waals surface area contributed by atoms with Gasteiger partial charge in [0.05, 0.1) is 24.5 Å². The number of likely N-dealkylation sites (tertiary alicyclic amines) is 1. The number of carboxylic acids is 1. The van der Waals surface area contributed by atoms with Crippen LogP contribution in [0.2, 0.25) is 0 Å². The van der Waals surface area contributed by atoms with E-state index in [0.717, 1.165) is 31.4 Å². The monoisotopic (exact) mass is 513 g/mol. The van der Waals surface area contributed by atoms with Crippen molar-refractivity contribution in [2.75, 3.05) is 13.2 Å². The van der Waals surface area contributed by atoms with E-state index in [1.807, 2.05) is 12.1 Å². The van der Waals surface area contributed by atoms with Crippen LogP contribution < -0.4 is 0 Å². The second kappa shape index (κ2) is 12.2. The molecule has 2 fully saturated rings. The van der Waals surface area contributed by atoms with Gasteiger partial charge in [-0.3, -0.25) is 19.3 Å². The lowest BCUT2D eigenvalue weighted by atomic mass is 9.69. The van der Waals surface area contributed by atoms with Gasteiger partial charge in [0.25, 0.3) is 0 Å². The number of carbonyl (C=O) groups excluding carboxylic acids is 2. The molecule has 0 spiro atoms. The zero-order valence-electron chi connectivity index (χ0n) is 21.9. The summed E-state index contributed by atoms with van der Waals surface area (Å²) in [5, 5.41) is 18.1. The lowest BCUT2D eigenvalue weighted by Gasteiger charge is -2.31. The summed E-state index contributed by atoms with van der Waals surface area (Å²) in [6.45, 7) is 4.95. The summed E-state index contributed by atoms with van der Waals surface area (Å²) in [5.41, 5.74) is 3.74. The van der Waals surface area contributed by atoms with Gasteiger partial charge in [0.1, 0.15) is 18.1 Å². The molecule has 2 saturated heterocycles. The fraction of sp³-hybridized carbons (Fsp3) is 0.621. The minimum absolute atomic E-state index is 0.0431. The highest BCUT2D eigenvalue weighted by Crippen LogP contribution is 2.50. The molecule has 2 N–H and O–H groups in total. The summed E-state index contributed by atoms with van der Waals surface area (Å²) in [6, 6.07) is 3.64. The number of hydrogen-bond acceptors (Lipinski definition) is 6. The summed E-state index contributed by atoms with van der Waals surface area (Å²) in [7, 11) is 0. The molecule has 4 rings (SSSR count).